The molecule has 2 rings (SSSR count). The van der Waals surface area contributed by atoms with E-state index in [0.29, 0.717) is 5.56 Å². The molecule has 0 amide bonds. The molecule has 0 aliphatic rings. The molecule has 2 aromatic rings. The second kappa shape index (κ2) is 3.06. The van der Waals surface area contributed by atoms with Crippen LogP contribution in [0.25, 0.3) is 10.9 Å². The minimum Gasteiger partial charge on any atom is -0.383 e. The van der Waals surface area contributed by atoms with Crippen LogP contribution in [0, 0.1) is 0 Å². The third kappa shape index (κ3) is 1.31. The molecule has 0 saturated heterocycles. The predicted octanol–water partition coefficient (Wildman–Crippen LogP) is 1.41. The summed E-state index contributed by atoms with van der Waals surface area (Å²) in [4.78, 5) is 19.2. The fourth-order valence-corrected chi connectivity index (χ4v) is 1.31. The molecule has 0 unspecified atom stereocenters. The highest BCUT2D eigenvalue weighted by molar-refractivity contribution is 6.01. The third-order valence-corrected chi connectivity index (χ3v) is 2.02. The third-order valence-electron chi connectivity index (χ3n) is 2.02. The van der Waals surface area contributed by atoms with Crippen molar-refractivity contribution in [3.05, 3.63) is 30.1 Å². The highest BCUT2D eigenvalue weighted by Crippen LogP contribution is 2.17. The number of nitrogens with two attached hydrogens (primary N) is 1. The molecular formula is C10H9N3O. The largest absolute Gasteiger partial charge is 0.383 e. The standard InChI is InChI=1S/C10H9N3O/c1-6(14)8-4-7-5-12-3-2-9(7)13-10(8)11/h2-5H,1H3,(H2,11,13). The zero-order chi connectivity index (χ0) is 10.1. The Bertz CT molecular complexity index is 508. The van der Waals surface area contributed by atoms with Gasteiger partial charge in [0.15, 0.2) is 5.78 Å². The fraction of sp³-hybridized carbons (Fsp3) is 0.100. The summed E-state index contributed by atoms with van der Waals surface area (Å²) in [7, 11) is 0. The second-order valence-corrected chi connectivity index (χ2v) is 3.05. The van der Waals surface area contributed by atoms with Crippen LogP contribution in [-0.4, -0.2) is 15.8 Å². The maximum Gasteiger partial charge on any atom is 0.163 e. The van der Waals surface area contributed by atoms with Crippen LogP contribution in [0.1, 0.15) is 17.3 Å². The Morgan fingerprint density at radius 1 is 1.50 bits per heavy atom. The molecule has 0 bridgehead atoms. The Morgan fingerprint density at radius 2 is 2.29 bits per heavy atom. The van der Waals surface area contributed by atoms with E-state index in [4.69, 9.17) is 5.73 Å². The van der Waals surface area contributed by atoms with Gasteiger partial charge in [-0.3, -0.25) is 9.78 Å². The minimum absolute atomic E-state index is 0.0826. The van der Waals surface area contributed by atoms with E-state index in [1.165, 1.54) is 6.92 Å². The smallest absolute Gasteiger partial charge is 0.163 e. The molecule has 0 spiro atoms. The molecule has 14 heavy (non-hydrogen) atoms. The Balaban J connectivity index is 2.77. The Morgan fingerprint density at radius 3 is 3.00 bits per heavy atom. The number of carbonyl (C=O) groups excluding carboxylic acids is 1. The van der Waals surface area contributed by atoms with Crippen LogP contribution >= 0.6 is 0 Å². The second-order valence-electron chi connectivity index (χ2n) is 3.05. The topological polar surface area (TPSA) is 68.9 Å². The summed E-state index contributed by atoms with van der Waals surface area (Å²) in [6, 6.07) is 3.47. The molecule has 4 heteroatoms. The van der Waals surface area contributed by atoms with Gasteiger partial charge < -0.3 is 5.73 Å². The molecule has 0 aromatic carbocycles. The van der Waals surface area contributed by atoms with Crippen molar-refractivity contribution < 1.29 is 4.79 Å². The summed E-state index contributed by atoms with van der Waals surface area (Å²) in [6.07, 6.45) is 3.30. The molecule has 0 atom stereocenters. The summed E-state index contributed by atoms with van der Waals surface area (Å²) in [6.45, 7) is 1.47. The molecule has 0 fully saturated rings. The number of fused-ring (bicyclic) bond motifs is 1. The van der Waals surface area contributed by atoms with Gasteiger partial charge in [-0.15, -0.1) is 0 Å². The number of nitrogens with zero attached hydrogens (tertiary/aromatic N) is 2. The van der Waals surface area contributed by atoms with Crippen LogP contribution in [-0.2, 0) is 0 Å². The van der Waals surface area contributed by atoms with Crippen LogP contribution in [0.4, 0.5) is 5.82 Å². The van der Waals surface area contributed by atoms with Crippen LogP contribution in [0.3, 0.4) is 0 Å². The number of nitrogen functional groups attached to an aromatic ring is 1. The summed E-state index contributed by atoms with van der Waals surface area (Å²) < 4.78 is 0. The van der Waals surface area contributed by atoms with Crippen molar-refractivity contribution in [2.45, 2.75) is 6.92 Å². The van der Waals surface area contributed by atoms with Gasteiger partial charge in [-0.1, -0.05) is 0 Å². The number of pyridine rings is 2. The van der Waals surface area contributed by atoms with E-state index in [1.54, 1.807) is 24.5 Å². The highest BCUT2D eigenvalue weighted by atomic mass is 16.1. The number of hydrogen-bond donors (Lipinski definition) is 1. The Hall–Kier alpha value is -1.97. The zero-order valence-corrected chi connectivity index (χ0v) is 7.69. The van der Waals surface area contributed by atoms with Gasteiger partial charge in [-0.05, 0) is 19.1 Å². The van der Waals surface area contributed by atoms with E-state index < -0.39 is 0 Å². The number of ketones is 1. The summed E-state index contributed by atoms with van der Waals surface area (Å²) in [5.41, 5.74) is 6.84. The van der Waals surface area contributed by atoms with Crippen molar-refractivity contribution >= 4 is 22.5 Å². The first-order chi connectivity index (χ1) is 6.68. The van der Waals surface area contributed by atoms with Crippen LogP contribution in [0.15, 0.2) is 24.5 Å². The summed E-state index contributed by atoms with van der Waals surface area (Å²) >= 11 is 0. The van der Waals surface area contributed by atoms with Gasteiger partial charge in [0.1, 0.15) is 5.82 Å². The lowest BCUT2D eigenvalue weighted by Gasteiger charge is -2.02. The van der Waals surface area contributed by atoms with Crippen molar-refractivity contribution in [2.24, 2.45) is 0 Å². The van der Waals surface area contributed by atoms with Crippen molar-refractivity contribution in [3.63, 3.8) is 0 Å². The normalized spacial score (nSPS) is 10.4. The molecular weight excluding hydrogens is 178 g/mol. The van der Waals surface area contributed by atoms with Crippen LogP contribution < -0.4 is 5.73 Å². The van der Waals surface area contributed by atoms with Gasteiger partial charge in [0, 0.05) is 17.8 Å². The van der Waals surface area contributed by atoms with Crippen molar-refractivity contribution in [2.75, 3.05) is 5.73 Å². The van der Waals surface area contributed by atoms with E-state index in [2.05, 4.69) is 9.97 Å². The Labute approximate surface area is 80.8 Å². The van der Waals surface area contributed by atoms with E-state index in [-0.39, 0.29) is 11.6 Å². The maximum absolute atomic E-state index is 11.2. The number of aromatic nitrogens is 2. The lowest BCUT2D eigenvalue weighted by molar-refractivity contribution is 0.101. The summed E-state index contributed by atoms with van der Waals surface area (Å²) in [5.74, 6) is 0.192. The van der Waals surface area contributed by atoms with Crippen molar-refractivity contribution in [3.8, 4) is 0 Å². The monoisotopic (exact) mass is 187 g/mol. The zero-order valence-electron chi connectivity index (χ0n) is 7.69. The first-order valence-electron chi connectivity index (χ1n) is 4.19. The average molecular weight is 187 g/mol. The minimum atomic E-state index is -0.0826. The quantitative estimate of drug-likeness (QED) is 0.685. The van der Waals surface area contributed by atoms with Gasteiger partial charge in [-0.25, -0.2) is 4.98 Å². The molecule has 0 aliphatic heterocycles. The van der Waals surface area contributed by atoms with E-state index in [0.717, 1.165) is 10.9 Å². The number of rotatable bonds is 1. The molecule has 2 aromatic heterocycles. The van der Waals surface area contributed by atoms with Crippen molar-refractivity contribution in [1.29, 1.82) is 0 Å². The number of Topliss-reactive ketones (excluding diaryl/α,β-unsaturated/α-hetero) is 1. The van der Waals surface area contributed by atoms with E-state index in [1.807, 2.05) is 0 Å². The van der Waals surface area contributed by atoms with Crippen LogP contribution in [0.2, 0.25) is 0 Å². The van der Waals surface area contributed by atoms with E-state index in [9.17, 15) is 4.79 Å². The van der Waals surface area contributed by atoms with Gasteiger partial charge in [0.05, 0.1) is 11.1 Å². The molecule has 2 N–H and O–H groups in total. The lowest BCUT2D eigenvalue weighted by Crippen LogP contribution is -2.02. The highest BCUT2D eigenvalue weighted by Gasteiger charge is 2.07. The first kappa shape index (κ1) is 8.62. The number of anilines is 1. The molecule has 70 valence electrons. The molecule has 0 aliphatic carbocycles. The predicted molar refractivity (Wildman–Crippen MR) is 54.0 cm³/mol. The number of carbonyl (C=O) groups is 1. The lowest BCUT2D eigenvalue weighted by atomic mass is 10.1. The van der Waals surface area contributed by atoms with E-state index >= 15 is 0 Å². The summed E-state index contributed by atoms with van der Waals surface area (Å²) in [5, 5.41) is 0.826. The average Bonchev–Trinajstić information content (AvgIpc) is 2.16. The SMILES string of the molecule is CC(=O)c1cc2cnccc2nc1N. The van der Waals surface area contributed by atoms with Crippen molar-refractivity contribution in [1.82, 2.24) is 9.97 Å². The molecule has 4 nitrogen and oxygen atoms in total. The molecule has 2 heterocycles. The van der Waals surface area contributed by atoms with Gasteiger partial charge in [0.25, 0.3) is 0 Å². The molecule has 0 radical (unpaired) electrons. The number of hydrogen-bond acceptors (Lipinski definition) is 4. The fourth-order valence-electron chi connectivity index (χ4n) is 1.31. The molecule has 0 saturated carbocycles. The Kier molecular flexibility index (Phi) is 1.89. The van der Waals surface area contributed by atoms with Gasteiger partial charge in [-0.2, -0.15) is 0 Å². The van der Waals surface area contributed by atoms with Crippen LogP contribution in [0.5, 0.6) is 0 Å². The first-order valence-corrected chi connectivity index (χ1v) is 4.19. The van der Waals surface area contributed by atoms with Gasteiger partial charge in [0.2, 0.25) is 0 Å². The van der Waals surface area contributed by atoms with Gasteiger partial charge >= 0.3 is 0 Å². The maximum atomic E-state index is 11.2.